The van der Waals surface area contributed by atoms with Gasteiger partial charge in [-0.05, 0) is 50.6 Å². The summed E-state index contributed by atoms with van der Waals surface area (Å²) in [5.74, 6) is -0.730. The highest BCUT2D eigenvalue weighted by atomic mass is 16.2. The number of hydrogen-bond acceptors (Lipinski definition) is 3. The third kappa shape index (κ3) is 5.95. The smallest absolute Gasteiger partial charge is 0.251 e. The van der Waals surface area contributed by atoms with Crippen LogP contribution in [0.5, 0.6) is 0 Å². The fourth-order valence-electron chi connectivity index (χ4n) is 2.64. The second-order valence-electron chi connectivity index (χ2n) is 6.60. The minimum Gasteiger partial charge on any atom is -0.348 e. The standard InChI is InChI=1S/C21H25N3O3/c1-13-7-5-9-18(11-13)21(27)23-15(3)20(26)22-14(2)17-8-6-10-19(12-17)24-16(4)25/h5-12,14-15H,1-4H3,(H,22,26)(H,23,27)(H,24,25)/t14-,15+/m1/s1. The molecule has 0 aliphatic rings. The van der Waals surface area contributed by atoms with Crippen LogP contribution >= 0.6 is 0 Å². The van der Waals surface area contributed by atoms with Gasteiger partial charge in [-0.3, -0.25) is 14.4 Å². The molecule has 2 rings (SSSR count). The maximum atomic E-state index is 12.4. The van der Waals surface area contributed by atoms with E-state index in [1.165, 1.54) is 6.92 Å². The Balaban J connectivity index is 1.97. The zero-order valence-corrected chi connectivity index (χ0v) is 16.0. The average Bonchev–Trinajstić information content (AvgIpc) is 2.61. The van der Waals surface area contributed by atoms with E-state index < -0.39 is 6.04 Å². The first-order valence-corrected chi connectivity index (χ1v) is 8.81. The van der Waals surface area contributed by atoms with Gasteiger partial charge in [0.05, 0.1) is 6.04 Å². The molecular formula is C21H25N3O3. The van der Waals surface area contributed by atoms with E-state index in [-0.39, 0.29) is 23.8 Å². The van der Waals surface area contributed by atoms with Crippen molar-refractivity contribution in [2.75, 3.05) is 5.32 Å². The predicted octanol–water partition coefficient (Wildman–Crippen LogP) is 2.95. The monoisotopic (exact) mass is 367 g/mol. The zero-order chi connectivity index (χ0) is 20.0. The minimum atomic E-state index is -0.681. The van der Waals surface area contributed by atoms with Crippen LogP contribution < -0.4 is 16.0 Å². The first-order valence-electron chi connectivity index (χ1n) is 8.81. The third-order valence-corrected chi connectivity index (χ3v) is 4.09. The zero-order valence-electron chi connectivity index (χ0n) is 16.0. The van der Waals surface area contributed by atoms with Gasteiger partial charge in [-0.15, -0.1) is 0 Å². The first-order chi connectivity index (χ1) is 12.8. The van der Waals surface area contributed by atoms with Gasteiger partial charge in [-0.25, -0.2) is 0 Å². The lowest BCUT2D eigenvalue weighted by molar-refractivity contribution is -0.123. The van der Waals surface area contributed by atoms with Gasteiger partial charge in [-0.1, -0.05) is 29.8 Å². The van der Waals surface area contributed by atoms with Crippen molar-refractivity contribution in [3.8, 4) is 0 Å². The molecule has 0 saturated heterocycles. The van der Waals surface area contributed by atoms with Crippen molar-refractivity contribution in [1.29, 1.82) is 0 Å². The molecule has 0 saturated carbocycles. The molecule has 6 heteroatoms. The number of carbonyl (C=O) groups excluding carboxylic acids is 3. The molecule has 0 bridgehead atoms. The lowest BCUT2D eigenvalue weighted by Crippen LogP contribution is -2.45. The molecule has 0 spiro atoms. The summed E-state index contributed by atoms with van der Waals surface area (Å²) in [6.07, 6.45) is 0. The summed E-state index contributed by atoms with van der Waals surface area (Å²) in [5.41, 5.74) is 3.02. The van der Waals surface area contributed by atoms with Crippen LogP contribution in [0.1, 0.15) is 48.3 Å². The highest BCUT2D eigenvalue weighted by Crippen LogP contribution is 2.17. The summed E-state index contributed by atoms with van der Waals surface area (Å²) in [7, 11) is 0. The van der Waals surface area contributed by atoms with Crippen LogP contribution in [-0.2, 0) is 9.59 Å². The van der Waals surface area contributed by atoms with Crippen LogP contribution in [0.4, 0.5) is 5.69 Å². The van der Waals surface area contributed by atoms with Gasteiger partial charge in [0.1, 0.15) is 6.04 Å². The summed E-state index contributed by atoms with van der Waals surface area (Å²) in [5, 5.41) is 8.30. The lowest BCUT2D eigenvalue weighted by Gasteiger charge is -2.19. The quantitative estimate of drug-likeness (QED) is 0.733. The van der Waals surface area contributed by atoms with Crippen LogP contribution in [0, 0.1) is 6.92 Å². The molecule has 3 amide bonds. The highest BCUT2D eigenvalue weighted by molar-refractivity contribution is 5.97. The molecule has 0 aromatic heterocycles. The number of anilines is 1. The van der Waals surface area contributed by atoms with E-state index in [0.717, 1.165) is 11.1 Å². The van der Waals surface area contributed by atoms with Crippen molar-refractivity contribution in [3.05, 3.63) is 65.2 Å². The number of aryl methyl sites for hydroxylation is 1. The van der Waals surface area contributed by atoms with Crippen molar-refractivity contribution >= 4 is 23.4 Å². The van der Waals surface area contributed by atoms with E-state index in [4.69, 9.17) is 0 Å². The minimum absolute atomic E-state index is 0.156. The average molecular weight is 367 g/mol. The van der Waals surface area contributed by atoms with Crippen molar-refractivity contribution in [2.45, 2.75) is 39.8 Å². The van der Waals surface area contributed by atoms with Crippen LogP contribution in [0.25, 0.3) is 0 Å². The Hall–Kier alpha value is -3.15. The largest absolute Gasteiger partial charge is 0.348 e. The molecule has 0 unspecified atom stereocenters. The van der Waals surface area contributed by atoms with Gasteiger partial charge in [0.2, 0.25) is 11.8 Å². The molecule has 0 fully saturated rings. The number of nitrogens with one attached hydrogen (secondary N) is 3. The normalized spacial score (nSPS) is 12.6. The molecule has 2 atom stereocenters. The van der Waals surface area contributed by atoms with E-state index in [0.29, 0.717) is 11.3 Å². The van der Waals surface area contributed by atoms with E-state index in [1.54, 1.807) is 31.2 Å². The maximum Gasteiger partial charge on any atom is 0.251 e. The number of rotatable bonds is 6. The summed E-state index contributed by atoms with van der Waals surface area (Å²) in [6.45, 7) is 6.84. The fourth-order valence-corrected chi connectivity index (χ4v) is 2.64. The Labute approximate surface area is 159 Å². The SMILES string of the molecule is CC(=O)Nc1cccc([C@@H](C)NC(=O)[C@H](C)NC(=O)c2cccc(C)c2)c1. The van der Waals surface area contributed by atoms with Crippen molar-refractivity contribution in [1.82, 2.24) is 10.6 Å². The maximum absolute atomic E-state index is 12.4. The van der Waals surface area contributed by atoms with Gasteiger partial charge < -0.3 is 16.0 Å². The Morgan fingerprint density at radius 1 is 0.926 bits per heavy atom. The number of hydrogen-bond donors (Lipinski definition) is 3. The molecule has 142 valence electrons. The third-order valence-electron chi connectivity index (χ3n) is 4.09. The summed E-state index contributed by atoms with van der Waals surface area (Å²) < 4.78 is 0. The highest BCUT2D eigenvalue weighted by Gasteiger charge is 2.19. The summed E-state index contributed by atoms with van der Waals surface area (Å²) in [6, 6.07) is 13.5. The first kappa shape index (κ1) is 20.2. The van der Waals surface area contributed by atoms with Crippen molar-refractivity contribution in [2.24, 2.45) is 0 Å². The lowest BCUT2D eigenvalue weighted by atomic mass is 10.1. The topological polar surface area (TPSA) is 87.3 Å². The van der Waals surface area contributed by atoms with Gasteiger partial charge in [-0.2, -0.15) is 0 Å². The van der Waals surface area contributed by atoms with Crippen molar-refractivity contribution < 1.29 is 14.4 Å². The molecule has 3 N–H and O–H groups in total. The van der Waals surface area contributed by atoms with Gasteiger partial charge in [0, 0.05) is 18.2 Å². The fraction of sp³-hybridized carbons (Fsp3) is 0.286. The summed E-state index contributed by atoms with van der Waals surface area (Å²) >= 11 is 0. The molecule has 2 aromatic carbocycles. The molecular weight excluding hydrogens is 342 g/mol. The van der Waals surface area contributed by atoms with Gasteiger partial charge in [0.25, 0.3) is 5.91 Å². The van der Waals surface area contributed by atoms with Crippen LogP contribution in [0.2, 0.25) is 0 Å². The van der Waals surface area contributed by atoms with Crippen LogP contribution in [0.3, 0.4) is 0 Å². The van der Waals surface area contributed by atoms with Crippen LogP contribution in [0.15, 0.2) is 48.5 Å². The van der Waals surface area contributed by atoms with E-state index in [2.05, 4.69) is 16.0 Å². The second-order valence-corrected chi connectivity index (χ2v) is 6.60. The molecule has 27 heavy (non-hydrogen) atoms. The van der Waals surface area contributed by atoms with Gasteiger partial charge >= 0.3 is 0 Å². The Morgan fingerprint density at radius 3 is 2.30 bits per heavy atom. The molecule has 0 heterocycles. The van der Waals surface area contributed by atoms with Gasteiger partial charge in [0.15, 0.2) is 0 Å². The molecule has 2 aromatic rings. The van der Waals surface area contributed by atoms with E-state index >= 15 is 0 Å². The van der Waals surface area contributed by atoms with E-state index in [1.807, 2.05) is 38.1 Å². The van der Waals surface area contributed by atoms with E-state index in [9.17, 15) is 14.4 Å². The number of carbonyl (C=O) groups is 3. The summed E-state index contributed by atoms with van der Waals surface area (Å²) in [4.78, 5) is 35.9. The Kier molecular flexibility index (Phi) is 6.71. The van der Waals surface area contributed by atoms with Crippen molar-refractivity contribution in [3.63, 3.8) is 0 Å². The van der Waals surface area contributed by atoms with Crippen LogP contribution in [-0.4, -0.2) is 23.8 Å². The molecule has 0 radical (unpaired) electrons. The second kappa shape index (κ2) is 8.98. The molecule has 0 aliphatic carbocycles. The predicted molar refractivity (Wildman–Crippen MR) is 105 cm³/mol. The molecule has 6 nitrogen and oxygen atoms in total. The Bertz CT molecular complexity index is 848. The number of amides is 3. The number of benzene rings is 2. The molecule has 0 aliphatic heterocycles. The Morgan fingerprint density at radius 2 is 1.63 bits per heavy atom.